The highest BCUT2D eigenvalue weighted by Crippen LogP contribution is 2.14. The lowest BCUT2D eigenvalue weighted by Crippen LogP contribution is -2.20. The van der Waals surface area contributed by atoms with Gasteiger partial charge in [-0.15, -0.1) is 0 Å². The fourth-order valence-corrected chi connectivity index (χ4v) is 1.35. The van der Waals surface area contributed by atoms with Gasteiger partial charge in [0, 0.05) is 18.7 Å². The van der Waals surface area contributed by atoms with Crippen LogP contribution in [-0.4, -0.2) is 25.9 Å². The van der Waals surface area contributed by atoms with Crippen molar-refractivity contribution in [3.05, 3.63) is 35.6 Å². The molecule has 0 amide bonds. The quantitative estimate of drug-likeness (QED) is 0.604. The summed E-state index contributed by atoms with van der Waals surface area (Å²) in [5.74, 6) is -0.293. The standard InChI is InChI=1S/C12H15F4NO/c13-11-5-2-1-4-10(11)8-17-6-3-7-18-9-12(14,15)16/h1-2,4-5,17H,3,6-9H2. The van der Waals surface area contributed by atoms with Crippen LogP contribution in [0.5, 0.6) is 0 Å². The summed E-state index contributed by atoms with van der Waals surface area (Å²) in [4.78, 5) is 0. The highest BCUT2D eigenvalue weighted by Gasteiger charge is 2.27. The second kappa shape index (κ2) is 7.33. The van der Waals surface area contributed by atoms with Gasteiger partial charge in [-0.2, -0.15) is 13.2 Å². The Morgan fingerprint density at radius 1 is 1.17 bits per heavy atom. The number of hydrogen-bond donors (Lipinski definition) is 1. The molecular weight excluding hydrogens is 250 g/mol. The maximum absolute atomic E-state index is 13.2. The van der Waals surface area contributed by atoms with Crippen molar-refractivity contribution in [2.45, 2.75) is 19.1 Å². The minimum atomic E-state index is -4.28. The molecule has 0 saturated heterocycles. The van der Waals surface area contributed by atoms with E-state index in [1.165, 1.54) is 6.07 Å². The molecule has 1 aromatic carbocycles. The first-order chi connectivity index (χ1) is 8.49. The van der Waals surface area contributed by atoms with Gasteiger partial charge in [0.2, 0.25) is 0 Å². The van der Waals surface area contributed by atoms with E-state index in [9.17, 15) is 17.6 Å². The Labute approximate surface area is 103 Å². The number of benzene rings is 1. The molecule has 0 bridgehead atoms. The molecule has 0 fully saturated rings. The van der Waals surface area contributed by atoms with Crippen molar-refractivity contribution in [2.24, 2.45) is 0 Å². The van der Waals surface area contributed by atoms with Crippen molar-refractivity contribution < 1.29 is 22.3 Å². The van der Waals surface area contributed by atoms with Gasteiger partial charge in [0.15, 0.2) is 0 Å². The first kappa shape index (κ1) is 14.9. The largest absolute Gasteiger partial charge is 0.411 e. The van der Waals surface area contributed by atoms with Crippen LogP contribution in [0.3, 0.4) is 0 Å². The van der Waals surface area contributed by atoms with Gasteiger partial charge in [-0.1, -0.05) is 18.2 Å². The number of halogens is 4. The number of hydrogen-bond acceptors (Lipinski definition) is 2. The van der Waals surface area contributed by atoms with Crippen LogP contribution >= 0.6 is 0 Å². The summed E-state index contributed by atoms with van der Waals surface area (Å²) >= 11 is 0. The van der Waals surface area contributed by atoms with Crippen LogP contribution in [0.2, 0.25) is 0 Å². The van der Waals surface area contributed by atoms with Gasteiger partial charge in [-0.05, 0) is 19.0 Å². The lowest BCUT2D eigenvalue weighted by molar-refractivity contribution is -0.173. The zero-order valence-corrected chi connectivity index (χ0v) is 9.77. The summed E-state index contributed by atoms with van der Waals surface area (Å²) in [6.45, 7) is -0.359. The molecule has 102 valence electrons. The predicted molar refractivity (Wildman–Crippen MR) is 59.6 cm³/mol. The molecule has 18 heavy (non-hydrogen) atoms. The molecule has 2 nitrogen and oxygen atoms in total. The molecule has 0 unspecified atom stereocenters. The lowest BCUT2D eigenvalue weighted by Gasteiger charge is -2.08. The molecule has 0 radical (unpaired) electrons. The second-order valence-electron chi connectivity index (χ2n) is 3.79. The normalized spacial score (nSPS) is 11.8. The smallest absolute Gasteiger partial charge is 0.372 e. The molecular formula is C12H15F4NO. The van der Waals surface area contributed by atoms with Gasteiger partial charge in [0.25, 0.3) is 0 Å². The van der Waals surface area contributed by atoms with Crippen LogP contribution in [-0.2, 0) is 11.3 Å². The van der Waals surface area contributed by atoms with E-state index in [0.717, 1.165) is 0 Å². The minimum absolute atomic E-state index is 0.0315. The Morgan fingerprint density at radius 2 is 1.89 bits per heavy atom. The maximum atomic E-state index is 13.2. The molecule has 0 spiro atoms. The van der Waals surface area contributed by atoms with E-state index in [-0.39, 0.29) is 12.4 Å². The number of rotatable bonds is 7. The van der Waals surface area contributed by atoms with Gasteiger partial charge in [-0.3, -0.25) is 0 Å². The van der Waals surface area contributed by atoms with Crippen molar-refractivity contribution >= 4 is 0 Å². The van der Waals surface area contributed by atoms with Crippen molar-refractivity contribution in [1.29, 1.82) is 0 Å². The van der Waals surface area contributed by atoms with E-state index in [2.05, 4.69) is 10.1 Å². The SMILES string of the molecule is Fc1ccccc1CNCCCOCC(F)(F)F. The van der Waals surface area contributed by atoms with Crippen molar-refractivity contribution in [1.82, 2.24) is 5.32 Å². The average Bonchev–Trinajstić information content (AvgIpc) is 2.28. The van der Waals surface area contributed by atoms with E-state index in [4.69, 9.17) is 0 Å². The first-order valence-corrected chi connectivity index (χ1v) is 5.57. The van der Waals surface area contributed by atoms with E-state index in [0.29, 0.717) is 25.1 Å². The van der Waals surface area contributed by atoms with E-state index in [1.54, 1.807) is 18.2 Å². The van der Waals surface area contributed by atoms with Crippen LogP contribution in [0, 0.1) is 5.82 Å². The fourth-order valence-electron chi connectivity index (χ4n) is 1.35. The van der Waals surface area contributed by atoms with E-state index >= 15 is 0 Å². The van der Waals surface area contributed by atoms with Gasteiger partial charge < -0.3 is 10.1 Å². The zero-order valence-electron chi connectivity index (χ0n) is 9.77. The molecule has 0 aliphatic heterocycles. The van der Waals surface area contributed by atoms with Crippen molar-refractivity contribution in [3.8, 4) is 0 Å². The van der Waals surface area contributed by atoms with E-state index in [1.807, 2.05) is 0 Å². The summed E-state index contributed by atoms with van der Waals surface area (Å²) in [6.07, 6.45) is -3.83. The molecule has 1 N–H and O–H groups in total. The maximum Gasteiger partial charge on any atom is 0.411 e. The van der Waals surface area contributed by atoms with Crippen LogP contribution in [0.1, 0.15) is 12.0 Å². The van der Waals surface area contributed by atoms with Crippen LogP contribution in [0.25, 0.3) is 0 Å². The Morgan fingerprint density at radius 3 is 2.56 bits per heavy atom. The molecule has 0 atom stereocenters. The molecule has 1 rings (SSSR count). The van der Waals surface area contributed by atoms with Gasteiger partial charge in [-0.25, -0.2) is 4.39 Å². The summed E-state index contributed by atoms with van der Waals surface area (Å²) in [5.41, 5.74) is 0.536. The Balaban J connectivity index is 2.04. The van der Waals surface area contributed by atoms with Crippen molar-refractivity contribution in [3.63, 3.8) is 0 Å². The summed E-state index contributed by atoms with van der Waals surface area (Å²) in [6, 6.07) is 6.35. The monoisotopic (exact) mass is 265 g/mol. The van der Waals surface area contributed by atoms with Gasteiger partial charge in [0.1, 0.15) is 12.4 Å². The number of ether oxygens (including phenoxy) is 1. The molecule has 0 saturated carbocycles. The van der Waals surface area contributed by atoms with E-state index < -0.39 is 12.8 Å². The van der Waals surface area contributed by atoms with Gasteiger partial charge >= 0.3 is 6.18 Å². The third kappa shape index (κ3) is 6.56. The molecule has 0 heterocycles. The summed E-state index contributed by atoms with van der Waals surface area (Å²) < 4.78 is 52.7. The van der Waals surface area contributed by atoms with Crippen LogP contribution in [0.4, 0.5) is 17.6 Å². The molecule has 1 aromatic rings. The zero-order chi connectivity index (χ0) is 13.4. The molecule has 6 heteroatoms. The van der Waals surface area contributed by atoms with Gasteiger partial charge in [0.05, 0.1) is 0 Å². The number of alkyl halides is 3. The fraction of sp³-hybridized carbons (Fsp3) is 0.500. The first-order valence-electron chi connectivity index (χ1n) is 5.57. The predicted octanol–water partition coefficient (Wildman–Crippen LogP) is 2.88. The van der Waals surface area contributed by atoms with Crippen LogP contribution in [0.15, 0.2) is 24.3 Å². The molecule has 0 aliphatic carbocycles. The summed E-state index contributed by atoms with van der Waals surface area (Å²) in [5, 5.41) is 2.94. The molecule has 0 aliphatic rings. The number of nitrogens with one attached hydrogen (secondary N) is 1. The highest BCUT2D eigenvalue weighted by molar-refractivity contribution is 5.16. The third-order valence-electron chi connectivity index (χ3n) is 2.18. The minimum Gasteiger partial charge on any atom is -0.372 e. The second-order valence-corrected chi connectivity index (χ2v) is 3.79. The Hall–Kier alpha value is -1.14. The Kier molecular flexibility index (Phi) is 6.07. The summed E-state index contributed by atoms with van der Waals surface area (Å²) in [7, 11) is 0. The lowest BCUT2D eigenvalue weighted by atomic mass is 10.2. The van der Waals surface area contributed by atoms with Crippen molar-refractivity contribution in [2.75, 3.05) is 19.8 Å². The third-order valence-corrected chi connectivity index (χ3v) is 2.18. The van der Waals surface area contributed by atoms with Crippen LogP contribution < -0.4 is 5.32 Å². The Bertz CT molecular complexity index is 354. The average molecular weight is 265 g/mol. The topological polar surface area (TPSA) is 21.3 Å². The molecule has 0 aromatic heterocycles. The highest BCUT2D eigenvalue weighted by atomic mass is 19.4.